The van der Waals surface area contributed by atoms with Crippen LogP contribution >= 0.6 is 11.6 Å². The Morgan fingerprint density at radius 1 is 1.25 bits per heavy atom. The Hall–Kier alpha value is -0.640. The van der Waals surface area contributed by atoms with Gasteiger partial charge in [0.25, 0.3) is 0 Å². The van der Waals surface area contributed by atoms with Crippen LogP contribution in [-0.4, -0.2) is 48.4 Å². The smallest absolute Gasteiger partial charge is 0.183 e. The van der Waals surface area contributed by atoms with Gasteiger partial charge in [0.15, 0.2) is 5.78 Å². The SMILES string of the molecule is BC1(B)CC(B)(B)C(N)(c2ccccc2Cl)C(=O)C1O. The van der Waals surface area contributed by atoms with Crippen LogP contribution in [0.2, 0.25) is 15.5 Å². The van der Waals surface area contributed by atoms with Crippen molar-refractivity contribution in [2.24, 2.45) is 5.73 Å². The predicted molar refractivity (Wildman–Crippen MR) is 92.5 cm³/mol. The zero-order valence-corrected chi connectivity index (χ0v) is 13.2. The van der Waals surface area contributed by atoms with E-state index in [0.29, 0.717) is 17.0 Å². The molecule has 0 heterocycles. The van der Waals surface area contributed by atoms with Gasteiger partial charge in [-0.05, 0) is 11.6 Å². The number of ketones is 1. The monoisotopic (exact) mass is 287 g/mol. The number of halogens is 1. The second-order valence-electron chi connectivity index (χ2n) is 7.10. The van der Waals surface area contributed by atoms with Gasteiger partial charge in [0.2, 0.25) is 0 Å². The maximum atomic E-state index is 12.8. The number of carbonyl (C=O) groups is 1. The Kier molecular flexibility index (Phi) is 3.69. The van der Waals surface area contributed by atoms with Gasteiger partial charge in [-0.25, -0.2) is 0 Å². The topological polar surface area (TPSA) is 63.3 Å². The molecule has 0 saturated heterocycles. The third-order valence-corrected chi connectivity index (χ3v) is 4.97. The largest absolute Gasteiger partial charge is 0.386 e. The Bertz CT molecular complexity index is 566. The van der Waals surface area contributed by atoms with Gasteiger partial charge in [0.05, 0.1) is 5.54 Å². The quantitative estimate of drug-likeness (QED) is 0.566. The molecule has 0 aromatic heterocycles. The van der Waals surface area contributed by atoms with Crippen molar-refractivity contribution in [3.8, 4) is 0 Å². The minimum absolute atomic E-state index is 0.355. The molecule has 102 valence electrons. The van der Waals surface area contributed by atoms with Gasteiger partial charge in [-0.3, -0.25) is 4.79 Å². The fourth-order valence-electron chi connectivity index (χ4n) is 3.56. The van der Waals surface area contributed by atoms with Crippen molar-refractivity contribution < 1.29 is 9.90 Å². The van der Waals surface area contributed by atoms with E-state index in [0.717, 1.165) is 0 Å². The minimum atomic E-state index is -1.28. The summed E-state index contributed by atoms with van der Waals surface area (Å²) in [6.07, 6.45) is -0.453. The molecule has 0 radical (unpaired) electrons. The van der Waals surface area contributed by atoms with E-state index in [-0.39, 0.29) is 5.78 Å². The number of carbonyl (C=O) groups excluding carboxylic acids is 1. The van der Waals surface area contributed by atoms with Crippen molar-refractivity contribution in [2.75, 3.05) is 0 Å². The number of nitrogens with two attached hydrogens (primary N) is 1. The molecule has 2 unspecified atom stereocenters. The number of Topliss-reactive ketones (excluding diaryl/α,β-unsaturated/α-hetero) is 1. The summed E-state index contributed by atoms with van der Waals surface area (Å²) in [5.74, 6) is -0.355. The van der Waals surface area contributed by atoms with Gasteiger partial charge >= 0.3 is 0 Å². The molecule has 0 amide bonds. The fourth-order valence-corrected chi connectivity index (χ4v) is 3.84. The third-order valence-electron chi connectivity index (χ3n) is 4.64. The molecule has 1 aliphatic rings. The Balaban J connectivity index is 2.65. The first-order valence-corrected chi connectivity index (χ1v) is 7.18. The first kappa shape index (κ1) is 15.7. The summed E-state index contributed by atoms with van der Waals surface area (Å²) >= 11 is 6.24. The van der Waals surface area contributed by atoms with Crippen molar-refractivity contribution in [1.29, 1.82) is 0 Å². The maximum absolute atomic E-state index is 12.8. The first-order chi connectivity index (χ1) is 9.04. The lowest BCUT2D eigenvalue weighted by molar-refractivity contribution is -0.137. The van der Waals surface area contributed by atoms with Crippen molar-refractivity contribution >= 4 is 48.8 Å². The van der Waals surface area contributed by atoms with Crippen LogP contribution in [0.5, 0.6) is 0 Å². The van der Waals surface area contributed by atoms with Gasteiger partial charge in [-0.15, -0.1) is 0 Å². The van der Waals surface area contributed by atoms with Crippen LogP contribution in [0.1, 0.15) is 12.0 Å². The molecular formula is C12H18B4ClNO2. The van der Waals surface area contributed by atoms with Crippen LogP contribution in [0.4, 0.5) is 0 Å². The van der Waals surface area contributed by atoms with E-state index < -0.39 is 22.1 Å². The fraction of sp³-hybridized carbons (Fsp3) is 0.417. The molecular weight excluding hydrogens is 269 g/mol. The van der Waals surface area contributed by atoms with E-state index in [4.69, 9.17) is 17.3 Å². The van der Waals surface area contributed by atoms with Gasteiger partial charge in [0.1, 0.15) is 37.5 Å². The highest BCUT2D eigenvalue weighted by atomic mass is 35.5. The van der Waals surface area contributed by atoms with Crippen LogP contribution in [0.25, 0.3) is 0 Å². The summed E-state index contributed by atoms with van der Waals surface area (Å²) in [6.45, 7) is 0. The van der Waals surface area contributed by atoms with Crippen molar-refractivity contribution in [1.82, 2.24) is 0 Å². The predicted octanol–water partition coefficient (Wildman–Crippen LogP) is -2.41. The number of hydrogen-bond donors (Lipinski definition) is 2. The second-order valence-corrected chi connectivity index (χ2v) is 7.51. The normalized spacial score (nSPS) is 31.9. The molecule has 1 aromatic carbocycles. The zero-order valence-electron chi connectivity index (χ0n) is 12.4. The summed E-state index contributed by atoms with van der Waals surface area (Å²) < 4.78 is 0. The molecule has 8 heteroatoms. The summed E-state index contributed by atoms with van der Waals surface area (Å²) in [6, 6.07) is 7.11. The Morgan fingerprint density at radius 2 is 1.80 bits per heavy atom. The zero-order chi connectivity index (χ0) is 15.3. The van der Waals surface area contributed by atoms with Gasteiger partial charge < -0.3 is 10.8 Å². The molecule has 0 aliphatic heterocycles. The van der Waals surface area contributed by atoms with Crippen LogP contribution in [0.15, 0.2) is 24.3 Å². The van der Waals surface area contributed by atoms with Crippen LogP contribution in [0.3, 0.4) is 0 Å². The molecule has 1 aromatic rings. The van der Waals surface area contributed by atoms with E-state index in [1.165, 1.54) is 0 Å². The van der Waals surface area contributed by atoms with Crippen molar-refractivity contribution in [3.05, 3.63) is 34.9 Å². The van der Waals surface area contributed by atoms with Crippen LogP contribution in [-0.2, 0) is 10.3 Å². The Morgan fingerprint density at radius 3 is 2.35 bits per heavy atom. The third kappa shape index (κ3) is 2.07. The number of aliphatic hydroxyl groups is 1. The van der Waals surface area contributed by atoms with Gasteiger partial charge in [0, 0.05) is 5.02 Å². The lowest BCUT2D eigenvalue weighted by atomic mass is 9.30. The average molecular weight is 287 g/mol. The number of hydrogen-bond acceptors (Lipinski definition) is 3. The maximum Gasteiger partial charge on any atom is 0.183 e. The summed E-state index contributed by atoms with van der Waals surface area (Å²) in [5, 5.41) is 9.82. The number of benzene rings is 1. The molecule has 2 rings (SSSR count). The van der Waals surface area contributed by atoms with Crippen molar-refractivity contribution in [2.45, 2.75) is 28.5 Å². The molecule has 1 aliphatic carbocycles. The highest BCUT2D eigenvalue weighted by molar-refractivity contribution is 6.49. The molecule has 3 N–H and O–H groups in total. The molecule has 2 atom stereocenters. The average Bonchev–Trinajstić information content (AvgIpc) is 2.34. The highest BCUT2D eigenvalue weighted by Gasteiger charge is 2.59. The summed E-state index contributed by atoms with van der Waals surface area (Å²) in [4.78, 5) is 12.8. The highest BCUT2D eigenvalue weighted by Crippen LogP contribution is 2.55. The minimum Gasteiger partial charge on any atom is -0.386 e. The molecule has 0 spiro atoms. The second kappa shape index (κ2) is 4.69. The molecule has 1 fully saturated rings. The standard InChI is InChI=1S/C12H18B4ClNO2/c13-10(14)5-11(15,16)12(18,9(20)8(10)19)6-3-1-2-4-7(6)17/h1-4,8,19H,5,13-16,18H2. The molecule has 3 nitrogen and oxygen atoms in total. The van der Waals surface area contributed by atoms with Crippen LogP contribution < -0.4 is 5.73 Å². The van der Waals surface area contributed by atoms with Gasteiger partial charge in [-0.1, -0.05) is 46.6 Å². The summed E-state index contributed by atoms with van der Waals surface area (Å²) in [5.41, 5.74) is 5.83. The molecule has 0 bridgehead atoms. The number of aliphatic hydroxyl groups excluding tert-OH is 1. The van der Waals surface area contributed by atoms with E-state index in [1.807, 2.05) is 37.5 Å². The van der Waals surface area contributed by atoms with Crippen molar-refractivity contribution in [3.63, 3.8) is 0 Å². The lowest BCUT2D eigenvalue weighted by Crippen LogP contribution is -2.65. The van der Waals surface area contributed by atoms with E-state index in [2.05, 4.69) is 0 Å². The van der Waals surface area contributed by atoms with E-state index in [1.54, 1.807) is 18.2 Å². The first-order valence-electron chi connectivity index (χ1n) is 6.80. The summed E-state index contributed by atoms with van der Waals surface area (Å²) in [7, 11) is 7.71. The van der Waals surface area contributed by atoms with E-state index in [9.17, 15) is 9.90 Å². The van der Waals surface area contributed by atoms with E-state index >= 15 is 0 Å². The molecule has 1 saturated carbocycles. The lowest BCUT2D eigenvalue weighted by Gasteiger charge is -2.54. The number of rotatable bonds is 1. The molecule has 20 heavy (non-hydrogen) atoms. The van der Waals surface area contributed by atoms with Crippen LogP contribution in [0, 0.1) is 0 Å². The van der Waals surface area contributed by atoms with Gasteiger partial charge in [-0.2, -0.15) is 0 Å². The Labute approximate surface area is 128 Å².